The topological polar surface area (TPSA) is 70.2 Å². The Morgan fingerprint density at radius 2 is 2.00 bits per heavy atom. The molecule has 0 aliphatic carbocycles. The lowest BCUT2D eigenvalue weighted by atomic mass is 10.1. The van der Waals surface area contributed by atoms with Crippen molar-refractivity contribution in [1.82, 2.24) is 20.2 Å². The van der Waals surface area contributed by atoms with Crippen molar-refractivity contribution < 1.29 is 4.79 Å². The summed E-state index contributed by atoms with van der Waals surface area (Å²) in [6.45, 7) is 7.49. The van der Waals surface area contributed by atoms with Gasteiger partial charge >= 0.3 is 0 Å². The van der Waals surface area contributed by atoms with Gasteiger partial charge in [0, 0.05) is 24.7 Å². The molecule has 1 aromatic heterocycles. The standard InChI is InChI=1S/C13H23N5O/c1-13(2,3)17-11-8-10(15-9-16-11)12(19)14-6-7-18(4)5/h8-9H,6-7H2,1-5H3,(H,14,19)(H,15,16,17). The van der Waals surface area contributed by atoms with Crippen LogP contribution in [0.15, 0.2) is 12.4 Å². The first-order valence-electron chi connectivity index (χ1n) is 6.31. The average molecular weight is 265 g/mol. The van der Waals surface area contributed by atoms with Gasteiger partial charge in [0.2, 0.25) is 0 Å². The number of hydrogen-bond acceptors (Lipinski definition) is 5. The molecule has 0 unspecified atom stereocenters. The summed E-state index contributed by atoms with van der Waals surface area (Å²) in [6.07, 6.45) is 1.40. The van der Waals surface area contributed by atoms with Crippen LogP contribution in [0, 0.1) is 0 Å². The number of amides is 1. The van der Waals surface area contributed by atoms with Gasteiger partial charge in [-0.25, -0.2) is 9.97 Å². The van der Waals surface area contributed by atoms with Crippen molar-refractivity contribution in [3.63, 3.8) is 0 Å². The smallest absolute Gasteiger partial charge is 0.270 e. The SMILES string of the molecule is CN(C)CCNC(=O)c1cc(NC(C)(C)C)ncn1. The van der Waals surface area contributed by atoms with E-state index in [4.69, 9.17) is 0 Å². The molecule has 1 aromatic rings. The Hall–Kier alpha value is -1.69. The van der Waals surface area contributed by atoms with Gasteiger partial charge in [-0.05, 0) is 34.9 Å². The van der Waals surface area contributed by atoms with Crippen LogP contribution in [0.3, 0.4) is 0 Å². The first-order chi connectivity index (χ1) is 8.78. The number of carbonyl (C=O) groups excluding carboxylic acids is 1. The van der Waals surface area contributed by atoms with Crippen LogP contribution < -0.4 is 10.6 Å². The molecule has 6 nitrogen and oxygen atoms in total. The van der Waals surface area contributed by atoms with Crippen LogP contribution in [-0.2, 0) is 0 Å². The van der Waals surface area contributed by atoms with E-state index in [1.54, 1.807) is 6.07 Å². The van der Waals surface area contributed by atoms with Crippen LogP contribution in [0.25, 0.3) is 0 Å². The molecule has 106 valence electrons. The van der Waals surface area contributed by atoms with E-state index in [1.165, 1.54) is 6.33 Å². The molecular weight excluding hydrogens is 242 g/mol. The van der Waals surface area contributed by atoms with Gasteiger partial charge in [0.15, 0.2) is 0 Å². The van der Waals surface area contributed by atoms with Gasteiger partial charge in [-0.3, -0.25) is 4.79 Å². The van der Waals surface area contributed by atoms with Crippen LogP contribution >= 0.6 is 0 Å². The fourth-order valence-electron chi connectivity index (χ4n) is 1.42. The number of aromatic nitrogens is 2. The highest BCUT2D eigenvalue weighted by molar-refractivity contribution is 5.92. The van der Waals surface area contributed by atoms with Gasteiger partial charge in [0.25, 0.3) is 5.91 Å². The lowest BCUT2D eigenvalue weighted by Crippen LogP contribution is -2.32. The fraction of sp³-hybridized carbons (Fsp3) is 0.615. The predicted octanol–water partition coefficient (Wildman–Crippen LogP) is 0.978. The van der Waals surface area contributed by atoms with Gasteiger partial charge in [-0.1, -0.05) is 0 Å². The molecule has 0 saturated carbocycles. The van der Waals surface area contributed by atoms with E-state index in [2.05, 4.69) is 20.6 Å². The molecule has 0 radical (unpaired) electrons. The molecule has 0 aromatic carbocycles. The Kier molecular flexibility index (Phi) is 5.23. The van der Waals surface area contributed by atoms with Crippen molar-refractivity contribution in [3.8, 4) is 0 Å². The normalized spacial score (nSPS) is 11.5. The van der Waals surface area contributed by atoms with Crippen LogP contribution in [0.5, 0.6) is 0 Å². The third-order valence-electron chi connectivity index (χ3n) is 2.25. The Morgan fingerprint density at radius 1 is 1.32 bits per heavy atom. The number of carbonyl (C=O) groups is 1. The highest BCUT2D eigenvalue weighted by atomic mass is 16.1. The number of hydrogen-bond donors (Lipinski definition) is 2. The average Bonchev–Trinajstić information content (AvgIpc) is 2.26. The summed E-state index contributed by atoms with van der Waals surface area (Å²) >= 11 is 0. The maximum atomic E-state index is 11.9. The van der Waals surface area contributed by atoms with Crippen LogP contribution in [-0.4, -0.2) is 53.5 Å². The highest BCUT2D eigenvalue weighted by Crippen LogP contribution is 2.11. The van der Waals surface area contributed by atoms with Gasteiger partial charge in [0.05, 0.1) is 0 Å². The Balaban J connectivity index is 2.63. The molecule has 0 fully saturated rings. The van der Waals surface area contributed by atoms with E-state index >= 15 is 0 Å². The van der Waals surface area contributed by atoms with Crippen molar-refractivity contribution in [1.29, 1.82) is 0 Å². The summed E-state index contributed by atoms with van der Waals surface area (Å²) in [6, 6.07) is 1.66. The molecule has 0 saturated heterocycles. The molecule has 2 N–H and O–H groups in total. The molecule has 1 heterocycles. The zero-order chi connectivity index (χ0) is 14.5. The van der Waals surface area contributed by atoms with Gasteiger partial charge in [-0.2, -0.15) is 0 Å². The van der Waals surface area contributed by atoms with Gasteiger partial charge in [-0.15, -0.1) is 0 Å². The summed E-state index contributed by atoms with van der Waals surface area (Å²) in [5, 5.41) is 6.03. The summed E-state index contributed by atoms with van der Waals surface area (Å²) in [7, 11) is 3.92. The van der Waals surface area contributed by atoms with E-state index in [0.717, 1.165) is 6.54 Å². The highest BCUT2D eigenvalue weighted by Gasteiger charge is 2.13. The fourth-order valence-corrected chi connectivity index (χ4v) is 1.42. The lowest BCUT2D eigenvalue weighted by molar-refractivity contribution is 0.0946. The predicted molar refractivity (Wildman–Crippen MR) is 76.3 cm³/mol. The summed E-state index contributed by atoms with van der Waals surface area (Å²) < 4.78 is 0. The lowest BCUT2D eigenvalue weighted by Gasteiger charge is -2.21. The molecule has 6 heteroatoms. The zero-order valence-corrected chi connectivity index (χ0v) is 12.3. The van der Waals surface area contributed by atoms with Crippen LogP contribution in [0.4, 0.5) is 5.82 Å². The van der Waals surface area contributed by atoms with Gasteiger partial charge in [0.1, 0.15) is 17.8 Å². The molecular formula is C13H23N5O. The van der Waals surface area contributed by atoms with Gasteiger partial charge < -0.3 is 15.5 Å². The largest absolute Gasteiger partial charge is 0.365 e. The number of nitrogens with zero attached hydrogens (tertiary/aromatic N) is 3. The number of rotatable bonds is 5. The molecule has 0 spiro atoms. The van der Waals surface area contributed by atoms with Crippen molar-refractivity contribution in [2.24, 2.45) is 0 Å². The monoisotopic (exact) mass is 265 g/mol. The quantitative estimate of drug-likeness (QED) is 0.830. The summed E-state index contributed by atoms with van der Waals surface area (Å²) in [5.41, 5.74) is 0.271. The number of likely N-dealkylation sites (N-methyl/N-ethyl adjacent to an activating group) is 1. The number of nitrogens with one attached hydrogen (secondary N) is 2. The van der Waals surface area contributed by atoms with Crippen molar-refractivity contribution in [3.05, 3.63) is 18.1 Å². The summed E-state index contributed by atoms with van der Waals surface area (Å²) in [4.78, 5) is 22.0. The first-order valence-corrected chi connectivity index (χ1v) is 6.31. The first kappa shape index (κ1) is 15.4. The minimum Gasteiger partial charge on any atom is -0.365 e. The van der Waals surface area contributed by atoms with E-state index < -0.39 is 0 Å². The Bertz CT molecular complexity index is 425. The van der Waals surface area contributed by atoms with Crippen molar-refractivity contribution in [2.45, 2.75) is 26.3 Å². The van der Waals surface area contributed by atoms with E-state index in [9.17, 15) is 4.79 Å². The van der Waals surface area contributed by atoms with Crippen molar-refractivity contribution >= 4 is 11.7 Å². The Morgan fingerprint density at radius 3 is 2.58 bits per heavy atom. The maximum Gasteiger partial charge on any atom is 0.270 e. The molecule has 0 aliphatic heterocycles. The van der Waals surface area contributed by atoms with E-state index in [1.807, 2.05) is 39.8 Å². The molecule has 1 amide bonds. The third kappa shape index (κ3) is 6.15. The van der Waals surface area contributed by atoms with E-state index in [-0.39, 0.29) is 11.4 Å². The van der Waals surface area contributed by atoms with Crippen LogP contribution in [0.1, 0.15) is 31.3 Å². The van der Waals surface area contributed by atoms with Crippen LogP contribution in [0.2, 0.25) is 0 Å². The maximum absolute atomic E-state index is 11.9. The zero-order valence-electron chi connectivity index (χ0n) is 12.3. The molecule has 0 atom stereocenters. The van der Waals surface area contributed by atoms with Crippen molar-refractivity contribution in [2.75, 3.05) is 32.5 Å². The second-order valence-electron chi connectivity index (χ2n) is 5.72. The minimum atomic E-state index is -0.179. The third-order valence-corrected chi connectivity index (χ3v) is 2.25. The molecule has 1 rings (SSSR count). The number of anilines is 1. The summed E-state index contributed by atoms with van der Waals surface area (Å²) in [5.74, 6) is 0.474. The second kappa shape index (κ2) is 6.47. The second-order valence-corrected chi connectivity index (χ2v) is 5.72. The molecule has 19 heavy (non-hydrogen) atoms. The Labute approximate surface area is 114 Å². The van der Waals surface area contributed by atoms with E-state index in [0.29, 0.717) is 18.1 Å². The molecule has 0 bridgehead atoms. The minimum absolute atomic E-state index is 0.104. The molecule has 0 aliphatic rings.